The van der Waals surface area contributed by atoms with Crippen molar-refractivity contribution in [3.05, 3.63) is 71.2 Å². The van der Waals surface area contributed by atoms with Crippen molar-refractivity contribution in [2.24, 2.45) is 0 Å². The molecule has 1 heterocycles. The molecular weight excluding hydrogens is 303 g/mol. The van der Waals surface area contributed by atoms with E-state index >= 15 is 0 Å². The van der Waals surface area contributed by atoms with Crippen LogP contribution in [0.1, 0.15) is 28.5 Å². The predicted octanol–water partition coefficient (Wildman–Crippen LogP) is 4.66. The van der Waals surface area contributed by atoms with Gasteiger partial charge in [0.1, 0.15) is 5.82 Å². The Balaban J connectivity index is 2.15. The van der Waals surface area contributed by atoms with E-state index in [1.807, 2.05) is 45.0 Å². The summed E-state index contributed by atoms with van der Waals surface area (Å²) in [6.45, 7) is 6.29. The van der Waals surface area contributed by atoms with Gasteiger partial charge in [0.25, 0.3) is 5.91 Å². The molecule has 0 radical (unpaired) electrons. The van der Waals surface area contributed by atoms with Gasteiger partial charge in [0.15, 0.2) is 0 Å². The normalized spacial score (nSPS) is 10.8. The molecule has 0 unspecified atom stereocenters. The van der Waals surface area contributed by atoms with Crippen LogP contribution in [0.2, 0.25) is 0 Å². The van der Waals surface area contributed by atoms with Crippen LogP contribution < -0.4 is 4.90 Å². The number of hydrogen-bond acceptors (Lipinski definition) is 2. The van der Waals surface area contributed by atoms with Crippen molar-refractivity contribution in [1.82, 2.24) is 4.98 Å². The Morgan fingerprint density at radius 2 is 1.88 bits per heavy atom. The minimum Gasteiger partial charge on any atom is -0.308 e. The quantitative estimate of drug-likeness (QED) is 0.703. The van der Waals surface area contributed by atoms with E-state index in [1.165, 1.54) is 12.1 Å². The lowest BCUT2D eigenvalue weighted by Gasteiger charge is -2.23. The summed E-state index contributed by atoms with van der Waals surface area (Å²) in [7, 11) is 0. The average molecular weight is 322 g/mol. The van der Waals surface area contributed by atoms with E-state index in [0.29, 0.717) is 28.7 Å². The number of para-hydroxylation sites is 1. The molecule has 0 aliphatic rings. The molecule has 0 aliphatic carbocycles. The molecule has 2 aromatic carbocycles. The van der Waals surface area contributed by atoms with Crippen LogP contribution in [-0.2, 0) is 0 Å². The predicted molar refractivity (Wildman–Crippen MR) is 95.0 cm³/mol. The summed E-state index contributed by atoms with van der Waals surface area (Å²) in [6.07, 6.45) is 0. The molecular formula is C20H19FN2O. The number of halogens is 1. The number of hydrogen-bond donors (Lipinski definition) is 0. The summed E-state index contributed by atoms with van der Waals surface area (Å²) in [4.78, 5) is 19.3. The van der Waals surface area contributed by atoms with Crippen LogP contribution in [0.15, 0.2) is 48.5 Å². The van der Waals surface area contributed by atoms with Crippen molar-refractivity contribution >= 4 is 22.5 Å². The number of amides is 1. The Hall–Kier alpha value is -2.75. The highest BCUT2D eigenvalue weighted by Gasteiger charge is 2.20. The second kappa shape index (κ2) is 6.40. The van der Waals surface area contributed by atoms with Crippen LogP contribution in [0.25, 0.3) is 10.9 Å². The second-order valence-electron chi connectivity index (χ2n) is 5.81. The third kappa shape index (κ3) is 2.87. The van der Waals surface area contributed by atoms with Crippen molar-refractivity contribution in [2.75, 3.05) is 11.4 Å². The molecule has 0 saturated carbocycles. The monoisotopic (exact) mass is 322 g/mol. The van der Waals surface area contributed by atoms with E-state index in [-0.39, 0.29) is 11.7 Å². The number of aryl methyl sites for hydroxylation is 2. The van der Waals surface area contributed by atoms with Crippen LogP contribution in [0.5, 0.6) is 0 Å². The van der Waals surface area contributed by atoms with Crippen molar-refractivity contribution in [2.45, 2.75) is 20.8 Å². The highest BCUT2D eigenvalue weighted by atomic mass is 19.1. The number of fused-ring (bicyclic) bond motifs is 1. The summed E-state index contributed by atoms with van der Waals surface area (Å²) in [6, 6.07) is 13.9. The Morgan fingerprint density at radius 1 is 1.12 bits per heavy atom. The van der Waals surface area contributed by atoms with E-state index in [9.17, 15) is 9.18 Å². The maximum Gasteiger partial charge on any atom is 0.259 e. The van der Waals surface area contributed by atoms with Gasteiger partial charge in [-0.25, -0.2) is 4.39 Å². The van der Waals surface area contributed by atoms with E-state index < -0.39 is 0 Å². The molecule has 0 spiro atoms. The molecule has 122 valence electrons. The molecule has 0 fully saturated rings. The standard InChI is InChI=1S/C20H19FN2O/c1-4-23(19-8-6-5-7-13(19)2)20(24)17-11-14(3)22-18-12-15(21)9-10-16(17)18/h5-12H,4H2,1-3H3. The van der Waals surface area contributed by atoms with Gasteiger partial charge in [0.2, 0.25) is 0 Å². The summed E-state index contributed by atoms with van der Waals surface area (Å²) >= 11 is 0. The molecule has 3 nitrogen and oxygen atoms in total. The molecule has 1 amide bonds. The van der Waals surface area contributed by atoms with E-state index in [1.54, 1.807) is 17.0 Å². The number of carbonyl (C=O) groups is 1. The first kappa shape index (κ1) is 16.1. The molecule has 0 aliphatic heterocycles. The van der Waals surface area contributed by atoms with Crippen molar-refractivity contribution < 1.29 is 9.18 Å². The zero-order chi connectivity index (χ0) is 17.3. The fourth-order valence-electron chi connectivity index (χ4n) is 2.95. The summed E-state index contributed by atoms with van der Waals surface area (Å²) in [5.41, 5.74) is 3.66. The van der Waals surface area contributed by atoms with Crippen LogP contribution in [-0.4, -0.2) is 17.4 Å². The third-order valence-corrected chi connectivity index (χ3v) is 4.10. The zero-order valence-corrected chi connectivity index (χ0v) is 14.0. The SMILES string of the molecule is CCN(C(=O)c1cc(C)nc2cc(F)ccc12)c1ccccc1C. The molecule has 3 rings (SSSR count). The maximum atomic E-state index is 13.5. The summed E-state index contributed by atoms with van der Waals surface area (Å²) in [5.74, 6) is -0.459. The van der Waals surface area contributed by atoms with E-state index in [0.717, 1.165) is 11.3 Å². The molecule has 0 N–H and O–H groups in total. The van der Waals surface area contributed by atoms with Gasteiger partial charge in [-0.15, -0.1) is 0 Å². The number of anilines is 1. The van der Waals surface area contributed by atoms with Gasteiger partial charge in [0, 0.05) is 29.4 Å². The van der Waals surface area contributed by atoms with Crippen molar-refractivity contribution in [3.63, 3.8) is 0 Å². The molecule has 24 heavy (non-hydrogen) atoms. The number of nitrogens with zero attached hydrogens (tertiary/aromatic N) is 2. The minimum absolute atomic E-state index is 0.103. The number of carbonyl (C=O) groups excluding carboxylic acids is 1. The fraction of sp³-hybridized carbons (Fsp3) is 0.200. The number of rotatable bonds is 3. The number of pyridine rings is 1. The van der Waals surface area contributed by atoms with Gasteiger partial charge in [-0.05, 0) is 50.6 Å². The van der Waals surface area contributed by atoms with Crippen LogP contribution >= 0.6 is 0 Å². The van der Waals surface area contributed by atoms with Crippen molar-refractivity contribution in [1.29, 1.82) is 0 Å². The lowest BCUT2D eigenvalue weighted by Crippen LogP contribution is -2.31. The first-order valence-corrected chi connectivity index (χ1v) is 7.95. The fourth-order valence-corrected chi connectivity index (χ4v) is 2.95. The minimum atomic E-state index is -0.356. The van der Waals surface area contributed by atoms with Crippen LogP contribution in [0.4, 0.5) is 10.1 Å². The number of aromatic nitrogens is 1. The lowest BCUT2D eigenvalue weighted by atomic mass is 10.1. The highest BCUT2D eigenvalue weighted by Crippen LogP contribution is 2.25. The molecule has 4 heteroatoms. The van der Waals surface area contributed by atoms with Gasteiger partial charge >= 0.3 is 0 Å². The van der Waals surface area contributed by atoms with Crippen LogP contribution in [0, 0.1) is 19.7 Å². The van der Waals surface area contributed by atoms with Gasteiger partial charge in [-0.2, -0.15) is 0 Å². The van der Waals surface area contributed by atoms with E-state index in [4.69, 9.17) is 0 Å². The third-order valence-electron chi connectivity index (χ3n) is 4.10. The molecule has 0 bridgehead atoms. The zero-order valence-electron chi connectivity index (χ0n) is 14.0. The van der Waals surface area contributed by atoms with Crippen molar-refractivity contribution in [3.8, 4) is 0 Å². The average Bonchev–Trinajstić information content (AvgIpc) is 2.55. The van der Waals surface area contributed by atoms with Crippen LogP contribution in [0.3, 0.4) is 0 Å². The van der Waals surface area contributed by atoms with Gasteiger partial charge in [0.05, 0.1) is 11.1 Å². The molecule has 3 aromatic rings. The first-order valence-electron chi connectivity index (χ1n) is 7.95. The topological polar surface area (TPSA) is 33.2 Å². The second-order valence-corrected chi connectivity index (χ2v) is 5.81. The Kier molecular flexibility index (Phi) is 4.30. The Labute approximate surface area is 140 Å². The highest BCUT2D eigenvalue weighted by molar-refractivity contribution is 6.13. The van der Waals surface area contributed by atoms with Gasteiger partial charge in [-0.3, -0.25) is 9.78 Å². The molecule has 1 aromatic heterocycles. The number of benzene rings is 2. The smallest absolute Gasteiger partial charge is 0.259 e. The largest absolute Gasteiger partial charge is 0.308 e. The lowest BCUT2D eigenvalue weighted by molar-refractivity contribution is 0.0989. The van der Waals surface area contributed by atoms with Gasteiger partial charge < -0.3 is 4.90 Å². The maximum absolute atomic E-state index is 13.5. The molecule has 0 saturated heterocycles. The Bertz CT molecular complexity index is 915. The first-order chi connectivity index (χ1) is 11.5. The van der Waals surface area contributed by atoms with E-state index in [2.05, 4.69) is 4.98 Å². The summed E-state index contributed by atoms with van der Waals surface area (Å²) < 4.78 is 13.5. The summed E-state index contributed by atoms with van der Waals surface area (Å²) in [5, 5.41) is 0.666. The Morgan fingerprint density at radius 3 is 2.58 bits per heavy atom. The van der Waals surface area contributed by atoms with Gasteiger partial charge in [-0.1, -0.05) is 18.2 Å². The molecule has 0 atom stereocenters.